The maximum atomic E-state index is 14.1. The van der Waals surface area contributed by atoms with Crippen LogP contribution in [0.3, 0.4) is 0 Å². The van der Waals surface area contributed by atoms with E-state index in [2.05, 4.69) is 20.1 Å². The lowest BCUT2D eigenvalue weighted by molar-refractivity contribution is 0.125. The molecule has 1 unspecified atom stereocenters. The smallest absolute Gasteiger partial charge is 0.193 e. The Labute approximate surface area is 137 Å². The Hall–Kier alpha value is -1.69. The van der Waals surface area contributed by atoms with Crippen molar-refractivity contribution in [3.63, 3.8) is 0 Å². The van der Waals surface area contributed by atoms with Crippen LogP contribution in [0.25, 0.3) is 0 Å². The van der Waals surface area contributed by atoms with Crippen LogP contribution in [0.2, 0.25) is 0 Å². The van der Waals surface area contributed by atoms with Gasteiger partial charge in [-0.15, -0.1) is 0 Å². The third-order valence-corrected chi connectivity index (χ3v) is 4.31. The second-order valence-corrected chi connectivity index (χ2v) is 5.69. The maximum Gasteiger partial charge on any atom is 0.193 e. The molecule has 0 saturated carbocycles. The van der Waals surface area contributed by atoms with E-state index in [1.54, 1.807) is 13.1 Å². The average Bonchev–Trinajstić information content (AvgIpc) is 2.56. The molecular weight excluding hydrogens is 298 g/mol. The highest BCUT2D eigenvalue weighted by Crippen LogP contribution is 2.27. The SMILES string of the molecule is CCNC(=NC)N1CCN(C(CC)c2ccc(F)cc2F)CC1. The summed E-state index contributed by atoms with van der Waals surface area (Å²) in [5, 5.41) is 3.26. The molecule has 23 heavy (non-hydrogen) atoms. The topological polar surface area (TPSA) is 30.9 Å². The van der Waals surface area contributed by atoms with Gasteiger partial charge in [-0.05, 0) is 19.4 Å². The molecule has 6 heteroatoms. The molecule has 4 nitrogen and oxygen atoms in total. The number of rotatable bonds is 4. The summed E-state index contributed by atoms with van der Waals surface area (Å²) in [5.41, 5.74) is 0.582. The van der Waals surface area contributed by atoms with Crippen molar-refractivity contribution in [2.75, 3.05) is 39.8 Å². The van der Waals surface area contributed by atoms with Crippen LogP contribution in [-0.2, 0) is 0 Å². The number of hydrogen-bond donors (Lipinski definition) is 1. The van der Waals surface area contributed by atoms with E-state index >= 15 is 0 Å². The van der Waals surface area contributed by atoms with Gasteiger partial charge in [0, 0.05) is 57.4 Å². The van der Waals surface area contributed by atoms with Crippen LogP contribution in [0, 0.1) is 11.6 Å². The molecule has 0 aromatic heterocycles. The fourth-order valence-corrected chi connectivity index (χ4v) is 3.18. The van der Waals surface area contributed by atoms with Gasteiger partial charge in [-0.2, -0.15) is 0 Å². The molecule has 128 valence electrons. The molecule has 1 fully saturated rings. The summed E-state index contributed by atoms with van der Waals surface area (Å²) in [6, 6.07) is 3.87. The number of guanidine groups is 1. The maximum absolute atomic E-state index is 14.1. The number of nitrogens with one attached hydrogen (secondary N) is 1. The Kier molecular flexibility index (Phi) is 6.33. The summed E-state index contributed by atoms with van der Waals surface area (Å²) in [6.07, 6.45) is 0.796. The zero-order chi connectivity index (χ0) is 16.8. The van der Waals surface area contributed by atoms with Gasteiger partial charge < -0.3 is 10.2 Å². The normalized spacial score (nSPS) is 18.1. The standard InChI is InChI=1S/C17H26F2N4/c1-4-16(14-7-6-13(18)12-15(14)19)22-8-10-23(11-9-22)17(20-3)21-5-2/h6-7,12,16H,4-5,8-11H2,1-3H3,(H,20,21). The second kappa shape index (κ2) is 8.24. The number of halogens is 2. The van der Waals surface area contributed by atoms with E-state index in [1.807, 2.05) is 13.8 Å². The van der Waals surface area contributed by atoms with Crippen molar-refractivity contribution in [2.45, 2.75) is 26.3 Å². The molecule has 0 radical (unpaired) electrons. The Morgan fingerprint density at radius 2 is 1.91 bits per heavy atom. The zero-order valence-electron chi connectivity index (χ0n) is 14.1. The van der Waals surface area contributed by atoms with Gasteiger partial charge >= 0.3 is 0 Å². The highest BCUT2D eigenvalue weighted by molar-refractivity contribution is 5.79. The molecule has 1 atom stereocenters. The molecular formula is C17H26F2N4. The first-order valence-electron chi connectivity index (χ1n) is 8.25. The Morgan fingerprint density at radius 3 is 2.43 bits per heavy atom. The number of nitrogens with zero attached hydrogens (tertiary/aromatic N) is 3. The molecule has 0 spiro atoms. The third-order valence-electron chi connectivity index (χ3n) is 4.31. The molecule has 2 rings (SSSR count). The van der Waals surface area contributed by atoms with E-state index in [1.165, 1.54) is 6.07 Å². The number of benzene rings is 1. The van der Waals surface area contributed by atoms with Crippen LogP contribution in [0.4, 0.5) is 8.78 Å². The van der Waals surface area contributed by atoms with Gasteiger partial charge in [-0.3, -0.25) is 9.89 Å². The summed E-state index contributed by atoms with van der Waals surface area (Å²) < 4.78 is 27.2. The first kappa shape index (κ1) is 17.7. The van der Waals surface area contributed by atoms with Gasteiger partial charge in [0.2, 0.25) is 0 Å². The van der Waals surface area contributed by atoms with Crippen LogP contribution in [0.15, 0.2) is 23.2 Å². The van der Waals surface area contributed by atoms with Gasteiger partial charge in [0.1, 0.15) is 11.6 Å². The van der Waals surface area contributed by atoms with Crippen LogP contribution in [-0.4, -0.2) is 55.5 Å². The van der Waals surface area contributed by atoms with Crippen molar-refractivity contribution < 1.29 is 8.78 Å². The molecule has 1 heterocycles. The lowest BCUT2D eigenvalue weighted by Gasteiger charge is -2.40. The summed E-state index contributed by atoms with van der Waals surface area (Å²) in [7, 11) is 1.78. The molecule has 1 aromatic rings. The van der Waals surface area contributed by atoms with E-state index in [0.29, 0.717) is 5.56 Å². The minimum atomic E-state index is -0.527. The second-order valence-electron chi connectivity index (χ2n) is 5.69. The predicted octanol–water partition coefficient (Wildman–Crippen LogP) is 2.63. The minimum Gasteiger partial charge on any atom is -0.357 e. The summed E-state index contributed by atoms with van der Waals surface area (Å²) in [4.78, 5) is 8.77. The molecule has 0 aliphatic carbocycles. The van der Waals surface area contributed by atoms with Crippen molar-refractivity contribution >= 4 is 5.96 Å². The number of aliphatic imine (C=N–C) groups is 1. The molecule has 1 aromatic carbocycles. The number of hydrogen-bond acceptors (Lipinski definition) is 2. The lowest BCUT2D eigenvalue weighted by atomic mass is 10.0. The zero-order valence-corrected chi connectivity index (χ0v) is 14.1. The largest absolute Gasteiger partial charge is 0.357 e. The molecule has 1 saturated heterocycles. The van der Waals surface area contributed by atoms with E-state index < -0.39 is 11.6 Å². The molecule has 0 bridgehead atoms. The van der Waals surface area contributed by atoms with Gasteiger partial charge in [0.15, 0.2) is 5.96 Å². The first-order valence-corrected chi connectivity index (χ1v) is 8.25. The first-order chi connectivity index (χ1) is 11.1. The van der Waals surface area contributed by atoms with Gasteiger partial charge in [0.05, 0.1) is 0 Å². The molecule has 1 N–H and O–H groups in total. The highest BCUT2D eigenvalue weighted by Gasteiger charge is 2.26. The van der Waals surface area contributed by atoms with Gasteiger partial charge in [-0.25, -0.2) is 8.78 Å². The van der Waals surface area contributed by atoms with Crippen molar-refractivity contribution in [1.29, 1.82) is 0 Å². The van der Waals surface area contributed by atoms with Crippen LogP contribution < -0.4 is 5.32 Å². The average molecular weight is 324 g/mol. The fraction of sp³-hybridized carbons (Fsp3) is 0.588. The molecule has 0 amide bonds. The van der Waals surface area contributed by atoms with E-state index in [9.17, 15) is 8.78 Å². The van der Waals surface area contributed by atoms with Crippen molar-refractivity contribution in [2.24, 2.45) is 4.99 Å². The van der Waals surface area contributed by atoms with E-state index in [4.69, 9.17) is 0 Å². The van der Waals surface area contributed by atoms with Gasteiger partial charge in [-0.1, -0.05) is 13.0 Å². The lowest BCUT2D eigenvalue weighted by Crippen LogP contribution is -2.53. The molecule has 1 aliphatic heterocycles. The Bertz CT molecular complexity index is 539. The van der Waals surface area contributed by atoms with Gasteiger partial charge in [0.25, 0.3) is 0 Å². The quantitative estimate of drug-likeness (QED) is 0.682. The minimum absolute atomic E-state index is 0.0149. The number of piperazine rings is 1. The summed E-state index contributed by atoms with van der Waals surface area (Å²) in [6.45, 7) is 8.28. The Balaban J connectivity index is 2.05. The van der Waals surface area contributed by atoms with Crippen molar-refractivity contribution in [3.8, 4) is 0 Å². The van der Waals surface area contributed by atoms with E-state index in [0.717, 1.165) is 51.2 Å². The van der Waals surface area contributed by atoms with Crippen molar-refractivity contribution in [3.05, 3.63) is 35.4 Å². The van der Waals surface area contributed by atoms with E-state index in [-0.39, 0.29) is 6.04 Å². The molecule has 1 aliphatic rings. The van der Waals surface area contributed by atoms with Crippen molar-refractivity contribution in [1.82, 2.24) is 15.1 Å². The predicted molar refractivity (Wildman–Crippen MR) is 89.6 cm³/mol. The van der Waals surface area contributed by atoms with Crippen LogP contribution in [0.5, 0.6) is 0 Å². The van der Waals surface area contributed by atoms with Crippen LogP contribution in [0.1, 0.15) is 31.9 Å². The summed E-state index contributed by atoms with van der Waals surface area (Å²) in [5.74, 6) is -0.0729. The third kappa shape index (κ3) is 4.19. The van der Waals surface area contributed by atoms with Crippen LogP contribution >= 0.6 is 0 Å². The highest BCUT2D eigenvalue weighted by atomic mass is 19.1. The monoisotopic (exact) mass is 324 g/mol. The Morgan fingerprint density at radius 1 is 1.22 bits per heavy atom. The fourth-order valence-electron chi connectivity index (χ4n) is 3.18. The summed E-state index contributed by atoms with van der Waals surface area (Å²) >= 11 is 0.